The number of piperazine rings is 1. The first-order chi connectivity index (χ1) is 13.0. The zero-order chi connectivity index (χ0) is 19.2. The van der Waals surface area contributed by atoms with Crippen molar-refractivity contribution < 1.29 is 4.79 Å². The van der Waals surface area contributed by atoms with E-state index in [1.165, 1.54) is 17.5 Å². The van der Waals surface area contributed by atoms with Gasteiger partial charge in [0.1, 0.15) is 16.8 Å². The number of carbonyl (C=O) groups excluding carboxylic acids is 1. The fourth-order valence-corrected chi connectivity index (χ4v) is 3.36. The number of hydrogen-bond donors (Lipinski definition) is 2. The molecule has 3 heterocycles. The molecule has 0 aliphatic carbocycles. The lowest BCUT2D eigenvalue weighted by atomic mass is 10.3. The summed E-state index contributed by atoms with van der Waals surface area (Å²) in [6.45, 7) is 7.42. The molecule has 0 saturated carbocycles. The van der Waals surface area contributed by atoms with Crippen molar-refractivity contribution in [2.75, 3.05) is 42.9 Å². The highest BCUT2D eigenvalue weighted by atomic mass is 32.1. The molecule has 1 saturated heterocycles. The highest BCUT2D eigenvalue weighted by Crippen LogP contribution is 2.22. The third-order valence-electron chi connectivity index (χ3n) is 3.97. The highest BCUT2D eigenvalue weighted by Gasteiger charge is 2.21. The van der Waals surface area contributed by atoms with Crippen LogP contribution >= 0.6 is 11.3 Å². The van der Waals surface area contributed by atoms with Crippen LogP contribution in [0, 0.1) is 11.3 Å². The van der Waals surface area contributed by atoms with Gasteiger partial charge in [0.2, 0.25) is 11.9 Å². The van der Waals surface area contributed by atoms with Gasteiger partial charge in [0, 0.05) is 38.4 Å². The van der Waals surface area contributed by atoms with Crippen LogP contribution < -0.4 is 15.5 Å². The lowest BCUT2D eigenvalue weighted by molar-refractivity contribution is -0.122. The number of amides is 1. The average molecular weight is 386 g/mol. The van der Waals surface area contributed by atoms with Gasteiger partial charge in [-0.25, -0.2) is 9.97 Å². The van der Waals surface area contributed by atoms with Crippen LogP contribution in [0.3, 0.4) is 0 Å². The van der Waals surface area contributed by atoms with Gasteiger partial charge < -0.3 is 15.5 Å². The second kappa shape index (κ2) is 8.75. The number of hydrogen-bond acceptors (Lipinski definition) is 9. The first-order valence-corrected chi connectivity index (χ1v) is 9.58. The third kappa shape index (κ3) is 5.35. The van der Waals surface area contributed by atoms with Crippen LogP contribution in [0.1, 0.15) is 18.7 Å². The van der Waals surface area contributed by atoms with Crippen molar-refractivity contribution in [1.29, 1.82) is 5.26 Å². The molecule has 0 aromatic carbocycles. The maximum Gasteiger partial charge on any atom is 0.234 e. The Hall–Kier alpha value is -2.77. The number of aromatic nitrogens is 3. The first kappa shape index (κ1) is 19.0. The van der Waals surface area contributed by atoms with Crippen LogP contribution in [0.4, 0.5) is 16.9 Å². The molecule has 2 N–H and O–H groups in total. The van der Waals surface area contributed by atoms with Crippen LogP contribution in [0.15, 0.2) is 18.5 Å². The number of nitrogens with one attached hydrogen (secondary N) is 2. The number of nitriles is 1. The minimum atomic E-state index is 0.0566. The normalized spacial score (nSPS) is 14.8. The van der Waals surface area contributed by atoms with Crippen LogP contribution in [0.5, 0.6) is 0 Å². The Morgan fingerprint density at radius 1 is 1.33 bits per heavy atom. The fourth-order valence-electron chi connectivity index (χ4n) is 2.74. The molecule has 0 unspecified atom stereocenters. The summed E-state index contributed by atoms with van der Waals surface area (Å²) < 4.78 is 0. The van der Waals surface area contributed by atoms with Crippen molar-refractivity contribution in [2.24, 2.45) is 0 Å². The van der Waals surface area contributed by atoms with Crippen molar-refractivity contribution in [3.05, 3.63) is 23.3 Å². The Kier molecular flexibility index (Phi) is 6.16. The molecule has 1 aliphatic heterocycles. The largest absolute Gasteiger partial charge is 0.353 e. The molecular formula is C17H22N8OS. The lowest BCUT2D eigenvalue weighted by Gasteiger charge is -2.34. The van der Waals surface area contributed by atoms with E-state index in [4.69, 9.17) is 5.26 Å². The van der Waals surface area contributed by atoms with E-state index in [-0.39, 0.29) is 11.9 Å². The summed E-state index contributed by atoms with van der Waals surface area (Å²) in [6, 6.07) is 3.99. The summed E-state index contributed by atoms with van der Waals surface area (Å²) in [5.74, 6) is 1.34. The van der Waals surface area contributed by atoms with Gasteiger partial charge in [-0.15, -0.1) is 0 Å². The van der Waals surface area contributed by atoms with E-state index in [0.29, 0.717) is 28.3 Å². The molecule has 0 radical (unpaired) electrons. The van der Waals surface area contributed by atoms with E-state index in [0.717, 1.165) is 26.2 Å². The van der Waals surface area contributed by atoms with Crippen molar-refractivity contribution in [2.45, 2.75) is 19.9 Å². The predicted molar refractivity (Wildman–Crippen MR) is 104 cm³/mol. The van der Waals surface area contributed by atoms with Crippen molar-refractivity contribution in [3.8, 4) is 6.07 Å². The van der Waals surface area contributed by atoms with E-state index in [9.17, 15) is 4.79 Å². The number of carbonyl (C=O) groups is 1. The van der Waals surface area contributed by atoms with E-state index >= 15 is 0 Å². The summed E-state index contributed by atoms with van der Waals surface area (Å²) in [5, 5.41) is 15.5. The monoisotopic (exact) mass is 386 g/mol. The van der Waals surface area contributed by atoms with Crippen molar-refractivity contribution in [3.63, 3.8) is 0 Å². The molecule has 1 aliphatic rings. The van der Waals surface area contributed by atoms with E-state index < -0.39 is 0 Å². The van der Waals surface area contributed by atoms with Crippen molar-refractivity contribution >= 4 is 34.1 Å². The zero-order valence-electron chi connectivity index (χ0n) is 15.3. The van der Waals surface area contributed by atoms with Crippen LogP contribution in [0.2, 0.25) is 0 Å². The Bertz CT molecular complexity index is 822. The SMILES string of the molecule is CC(C)NC(=O)CN1CCN(c2nccc(Nc3ncc(C#N)s3)n2)CC1. The standard InChI is InChI=1S/C17H22N8OS/c1-12(2)21-15(26)11-24-5-7-25(8-6-24)16-19-4-3-14(22-16)23-17-20-10-13(9-18)27-17/h3-4,10,12H,5-8,11H2,1-2H3,(H,21,26)(H,19,20,22,23). The lowest BCUT2D eigenvalue weighted by Crippen LogP contribution is -2.50. The molecule has 1 amide bonds. The molecule has 0 spiro atoms. The van der Waals surface area contributed by atoms with Crippen LogP contribution in [-0.2, 0) is 4.79 Å². The molecule has 9 nitrogen and oxygen atoms in total. The van der Waals surface area contributed by atoms with Crippen molar-refractivity contribution in [1.82, 2.24) is 25.2 Å². The van der Waals surface area contributed by atoms with E-state index in [1.54, 1.807) is 12.3 Å². The minimum absolute atomic E-state index is 0.0566. The quantitative estimate of drug-likeness (QED) is 0.762. The Morgan fingerprint density at radius 2 is 2.11 bits per heavy atom. The molecule has 2 aromatic rings. The molecule has 0 atom stereocenters. The summed E-state index contributed by atoms with van der Waals surface area (Å²) in [5.41, 5.74) is 0. The maximum absolute atomic E-state index is 11.9. The van der Waals surface area contributed by atoms with Gasteiger partial charge in [0.05, 0.1) is 12.7 Å². The molecule has 1 fully saturated rings. The fraction of sp³-hybridized carbons (Fsp3) is 0.471. The molecule has 142 valence electrons. The second-order valence-electron chi connectivity index (χ2n) is 6.49. The summed E-state index contributed by atoms with van der Waals surface area (Å²) >= 11 is 1.28. The van der Waals surface area contributed by atoms with Gasteiger partial charge in [-0.3, -0.25) is 9.69 Å². The molecule has 3 rings (SSSR count). The summed E-state index contributed by atoms with van der Waals surface area (Å²) in [6.07, 6.45) is 3.23. The third-order valence-corrected chi connectivity index (χ3v) is 4.78. The maximum atomic E-state index is 11.9. The highest BCUT2D eigenvalue weighted by molar-refractivity contribution is 7.16. The number of nitrogens with zero attached hydrogens (tertiary/aromatic N) is 6. The molecule has 10 heteroatoms. The number of rotatable bonds is 6. The Labute approximate surface area is 162 Å². The Morgan fingerprint density at radius 3 is 2.78 bits per heavy atom. The molecule has 27 heavy (non-hydrogen) atoms. The van der Waals surface area contributed by atoms with Gasteiger partial charge >= 0.3 is 0 Å². The van der Waals surface area contributed by atoms with Gasteiger partial charge in [0.25, 0.3) is 0 Å². The number of thiazole rings is 1. The second-order valence-corrected chi connectivity index (χ2v) is 7.52. The van der Waals surface area contributed by atoms with Gasteiger partial charge in [-0.1, -0.05) is 11.3 Å². The smallest absolute Gasteiger partial charge is 0.234 e. The minimum Gasteiger partial charge on any atom is -0.353 e. The van der Waals surface area contributed by atoms with E-state index in [2.05, 4.69) is 41.5 Å². The Balaban J connectivity index is 1.55. The van der Waals surface area contributed by atoms with Gasteiger partial charge in [-0.2, -0.15) is 10.2 Å². The summed E-state index contributed by atoms with van der Waals surface area (Å²) in [4.78, 5) is 29.7. The topological polar surface area (TPSA) is 110 Å². The van der Waals surface area contributed by atoms with E-state index in [1.807, 2.05) is 13.8 Å². The molecular weight excluding hydrogens is 364 g/mol. The molecule has 2 aromatic heterocycles. The molecule has 0 bridgehead atoms. The average Bonchev–Trinajstić information content (AvgIpc) is 3.09. The van der Waals surface area contributed by atoms with Gasteiger partial charge in [0.15, 0.2) is 5.13 Å². The van der Waals surface area contributed by atoms with Crippen LogP contribution in [-0.4, -0.2) is 64.5 Å². The summed E-state index contributed by atoms with van der Waals surface area (Å²) in [7, 11) is 0. The predicted octanol–water partition coefficient (Wildman–Crippen LogP) is 1.19. The number of anilines is 3. The zero-order valence-corrected chi connectivity index (χ0v) is 16.2. The van der Waals surface area contributed by atoms with Gasteiger partial charge in [-0.05, 0) is 19.9 Å². The first-order valence-electron chi connectivity index (χ1n) is 8.76. The van der Waals surface area contributed by atoms with Crippen LogP contribution in [0.25, 0.3) is 0 Å².